The standard InChI is InChI=1S/C24H28FN6O9P/c1-11(2)37-19(33)12(3)30-41(35,39-13-8-6-5-7-9-13)40-20-23(34)22(25)15(16(22)38-24(20,23)36-4)31-10-27-14-17(31)28-21(26)29-18(14)32/h5-12,15-16,20,34H,1-4H3,(H,30,35)(H3,26,28,29,32). The van der Waals surface area contributed by atoms with Crippen LogP contribution in [-0.4, -0.2) is 79.1 Å². The van der Waals surface area contributed by atoms with E-state index in [9.17, 15) is 19.3 Å². The molecule has 0 radical (unpaired) electrons. The SMILES string of the molecule is COC12OC3C(n4cnc5c(=O)[nH]c(N)nc54)C3(F)C1(O)C2OP(=O)(NC(C)C(=O)OC(C)C)Oc1ccccc1. The molecule has 2 aliphatic carbocycles. The summed E-state index contributed by atoms with van der Waals surface area (Å²) >= 11 is 0. The molecule has 17 heteroatoms. The van der Waals surface area contributed by atoms with E-state index in [4.69, 9.17) is 29.0 Å². The first-order chi connectivity index (χ1) is 19.3. The highest BCUT2D eigenvalue weighted by atomic mass is 31.2. The van der Waals surface area contributed by atoms with Gasteiger partial charge in [-0.3, -0.25) is 19.1 Å². The van der Waals surface area contributed by atoms with Crippen molar-refractivity contribution in [2.75, 3.05) is 12.8 Å². The molecule has 5 N–H and O–H groups in total. The van der Waals surface area contributed by atoms with Gasteiger partial charge in [-0.1, -0.05) is 18.2 Å². The molecule has 0 amide bonds. The smallest absolute Gasteiger partial charge is 0.460 e. The Morgan fingerprint density at radius 3 is 2.68 bits per heavy atom. The molecule has 3 heterocycles. The van der Waals surface area contributed by atoms with Crippen molar-refractivity contribution < 1.29 is 42.1 Å². The number of carbonyl (C=O) groups is 1. The number of aliphatic hydroxyl groups is 1. The van der Waals surface area contributed by atoms with E-state index in [0.717, 1.165) is 0 Å². The lowest BCUT2D eigenvalue weighted by molar-refractivity contribution is -0.184. The molecule has 2 saturated carbocycles. The maximum absolute atomic E-state index is 16.7. The average Bonchev–Trinajstić information content (AvgIpc) is 3.49. The van der Waals surface area contributed by atoms with Gasteiger partial charge in [-0.05, 0) is 32.9 Å². The van der Waals surface area contributed by atoms with Crippen LogP contribution >= 0.6 is 7.75 Å². The molecule has 3 fully saturated rings. The molecule has 41 heavy (non-hydrogen) atoms. The number of halogens is 1. The summed E-state index contributed by atoms with van der Waals surface area (Å²) in [6, 6.07) is 5.53. The zero-order chi connectivity index (χ0) is 29.5. The predicted octanol–water partition coefficient (Wildman–Crippen LogP) is 0.953. The Hall–Kier alpha value is -3.40. The van der Waals surface area contributed by atoms with Crippen LogP contribution < -0.4 is 20.9 Å². The number of rotatable bonds is 10. The first-order valence-corrected chi connectivity index (χ1v) is 14.2. The minimum Gasteiger partial charge on any atom is -0.462 e. The van der Waals surface area contributed by atoms with E-state index < -0.39 is 66.7 Å². The van der Waals surface area contributed by atoms with Crippen LogP contribution in [0, 0.1) is 0 Å². The van der Waals surface area contributed by atoms with Gasteiger partial charge < -0.3 is 34.1 Å². The summed E-state index contributed by atoms with van der Waals surface area (Å²) < 4.78 is 59.8. The topological polar surface area (TPSA) is 202 Å². The number of hydrogen-bond acceptors (Lipinski definition) is 12. The van der Waals surface area contributed by atoms with Gasteiger partial charge in [0, 0.05) is 7.11 Å². The maximum atomic E-state index is 16.7. The molecule has 1 aromatic carbocycles. The van der Waals surface area contributed by atoms with E-state index in [2.05, 4.69) is 20.0 Å². The van der Waals surface area contributed by atoms with E-state index in [-0.39, 0.29) is 22.9 Å². The fourth-order valence-electron chi connectivity index (χ4n) is 5.50. The number of ether oxygens (including phenoxy) is 3. The van der Waals surface area contributed by atoms with Crippen LogP contribution in [-0.2, 0) is 28.1 Å². The highest BCUT2D eigenvalue weighted by molar-refractivity contribution is 7.52. The second-order valence-electron chi connectivity index (χ2n) is 10.4. The summed E-state index contributed by atoms with van der Waals surface area (Å²) in [7, 11) is -3.37. The number of nitrogen functional groups attached to an aromatic ring is 1. The monoisotopic (exact) mass is 594 g/mol. The fraction of sp³-hybridized carbons (Fsp3) is 0.500. The van der Waals surface area contributed by atoms with Gasteiger partial charge in [0.05, 0.1) is 12.4 Å². The van der Waals surface area contributed by atoms with Gasteiger partial charge in [0.15, 0.2) is 28.5 Å². The number of aromatic amines is 1. The molecule has 8 atom stereocenters. The van der Waals surface area contributed by atoms with Crippen molar-refractivity contribution in [2.45, 2.75) is 68.2 Å². The number of carbonyl (C=O) groups excluding carboxylic acids is 1. The summed E-state index contributed by atoms with van der Waals surface area (Å²) in [6.07, 6.45) is -2.19. The summed E-state index contributed by atoms with van der Waals surface area (Å²) in [5.41, 5.74) is -0.0955. The Balaban J connectivity index is 1.31. The number of para-hydroxylation sites is 1. The molecule has 220 valence electrons. The average molecular weight is 594 g/mol. The van der Waals surface area contributed by atoms with Gasteiger partial charge in [0.2, 0.25) is 11.7 Å². The Morgan fingerprint density at radius 1 is 1.32 bits per heavy atom. The van der Waals surface area contributed by atoms with E-state index in [1.54, 1.807) is 32.0 Å². The van der Waals surface area contributed by atoms with Crippen LogP contribution in [0.1, 0.15) is 26.8 Å². The predicted molar refractivity (Wildman–Crippen MR) is 138 cm³/mol. The van der Waals surface area contributed by atoms with E-state index in [1.165, 1.54) is 37.1 Å². The van der Waals surface area contributed by atoms with Crippen molar-refractivity contribution >= 4 is 30.8 Å². The first kappa shape index (κ1) is 27.8. The number of benzene rings is 1. The van der Waals surface area contributed by atoms with E-state index >= 15 is 4.39 Å². The number of esters is 1. The summed E-state index contributed by atoms with van der Waals surface area (Å²) in [4.78, 5) is 35.0. The summed E-state index contributed by atoms with van der Waals surface area (Å²) in [5, 5.41) is 14.2. The van der Waals surface area contributed by atoms with E-state index in [1.807, 2.05) is 0 Å². The molecule has 0 bridgehead atoms. The van der Waals surface area contributed by atoms with Gasteiger partial charge in [-0.25, -0.2) is 13.9 Å². The van der Waals surface area contributed by atoms with Crippen LogP contribution in [0.25, 0.3) is 11.2 Å². The lowest BCUT2D eigenvalue weighted by atomic mass is 10.1. The van der Waals surface area contributed by atoms with Crippen molar-refractivity contribution in [2.24, 2.45) is 0 Å². The van der Waals surface area contributed by atoms with Gasteiger partial charge in [0.1, 0.15) is 23.9 Å². The number of nitrogens with one attached hydrogen (secondary N) is 2. The number of hydrogen-bond donors (Lipinski definition) is 4. The van der Waals surface area contributed by atoms with Crippen molar-refractivity contribution in [3.05, 3.63) is 47.0 Å². The lowest BCUT2D eigenvalue weighted by Crippen LogP contribution is -2.38. The van der Waals surface area contributed by atoms with Crippen LogP contribution in [0.2, 0.25) is 0 Å². The fourth-order valence-corrected chi connectivity index (χ4v) is 7.21. The van der Waals surface area contributed by atoms with Crippen LogP contribution in [0.5, 0.6) is 5.75 Å². The number of nitrogens with two attached hydrogens (primary N) is 1. The molecule has 0 spiro atoms. The van der Waals surface area contributed by atoms with Crippen LogP contribution in [0.4, 0.5) is 10.3 Å². The number of aromatic nitrogens is 4. The molecule has 2 aromatic heterocycles. The number of methoxy groups -OCH3 is 1. The lowest BCUT2D eigenvalue weighted by Gasteiger charge is -2.24. The number of alkyl halides is 1. The van der Waals surface area contributed by atoms with Crippen molar-refractivity contribution in [3.8, 4) is 5.75 Å². The molecule has 3 aliphatic rings. The summed E-state index contributed by atoms with van der Waals surface area (Å²) in [6.45, 7) is 4.68. The second-order valence-corrected chi connectivity index (χ2v) is 12.0. The van der Waals surface area contributed by atoms with Gasteiger partial charge in [-0.2, -0.15) is 10.1 Å². The van der Waals surface area contributed by atoms with Crippen molar-refractivity contribution in [1.82, 2.24) is 24.6 Å². The highest BCUT2D eigenvalue weighted by Gasteiger charge is 3.05. The molecule has 1 aliphatic heterocycles. The normalized spacial score (nSPS) is 33.6. The Kier molecular flexibility index (Phi) is 6.12. The molecule has 8 unspecified atom stereocenters. The van der Waals surface area contributed by atoms with Crippen molar-refractivity contribution in [1.29, 1.82) is 0 Å². The first-order valence-electron chi connectivity index (χ1n) is 12.7. The minimum atomic E-state index is -4.54. The molecule has 3 aromatic rings. The third kappa shape index (κ3) is 3.86. The molecule has 15 nitrogen and oxygen atoms in total. The second kappa shape index (κ2) is 9.05. The number of fused-ring (bicyclic) bond motifs is 4. The molecular formula is C24H28FN6O9P. The van der Waals surface area contributed by atoms with Gasteiger partial charge in [0.25, 0.3) is 5.56 Å². The number of H-pyrrole nitrogens is 1. The Bertz CT molecular complexity index is 1640. The Labute approximate surface area is 231 Å². The largest absolute Gasteiger partial charge is 0.462 e. The van der Waals surface area contributed by atoms with Gasteiger partial charge >= 0.3 is 13.7 Å². The van der Waals surface area contributed by atoms with E-state index in [0.29, 0.717) is 0 Å². The zero-order valence-electron chi connectivity index (χ0n) is 22.3. The number of imidazole rings is 1. The zero-order valence-corrected chi connectivity index (χ0v) is 23.2. The third-order valence-electron chi connectivity index (χ3n) is 7.40. The third-order valence-corrected chi connectivity index (χ3v) is 9.05. The molecule has 1 saturated heterocycles. The summed E-state index contributed by atoms with van der Waals surface area (Å²) in [5.74, 6) is -2.90. The number of nitrogens with zero attached hydrogens (tertiary/aromatic N) is 3. The molecular weight excluding hydrogens is 566 g/mol. The quantitative estimate of drug-likeness (QED) is 0.191. The number of anilines is 1. The highest BCUT2D eigenvalue weighted by Crippen LogP contribution is 2.81. The maximum Gasteiger partial charge on any atom is 0.460 e. The van der Waals surface area contributed by atoms with Crippen molar-refractivity contribution in [3.63, 3.8) is 0 Å². The minimum absolute atomic E-state index is 0.0201. The van der Waals surface area contributed by atoms with Gasteiger partial charge in [-0.15, -0.1) is 0 Å². The van der Waals surface area contributed by atoms with Crippen LogP contribution in [0.15, 0.2) is 41.5 Å². The van der Waals surface area contributed by atoms with Crippen LogP contribution in [0.3, 0.4) is 0 Å². The molecule has 6 rings (SSSR count). The Morgan fingerprint density at radius 2 is 2.02 bits per heavy atom.